The molecule has 5 rings (SSSR count). The Bertz CT molecular complexity index is 1020. The average molecular weight is 413 g/mol. The van der Waals surface area contributed by atoms with E-state index >= 15 is 0 Å². The van der Waals surface area contributed by atoms with Crippen molar-refractivity contribution in [2.45, 2.75) is 25.8 Å². The second-order valence-electron chi connectivity index (χ2n) is 8.28. The summed E-state index contributed by atoms with van der Waals surface area (Å²) in [4.78, 5) is 14.9. The monoisotopic (exact) mass is 412 g/mol. The molecule has 0 aliphatic carbocycles. The minimum atomic E-state index is -0.153. The molecule has 3 aromatic rings. The number of fused-ring (bicyclic) bond motifs is 1. The fraction of sp³-hybridized carbons (Fsp3) is 0.455. The van der Waals surface area contributed by atoms with Crippen molar-refractivity contribution in [3.8, 4) is 5.75 Å². The van der Waals surface area contributed by atoms with Gasteiger partial charge in [0.2, 0.25) is 0 Å². The molecule has 0 N–H and O–H groups in total. The number of thiophene rings is 1. The van der Waals surface area contributed by atoms with Crippen LogP contribution in [0.1, 0.15) is 24.8 Å². The predicted molar refractivity (Wildman–Crippen MR) is 114 cm³/mol. The topological polar surface area (TPSA) is 41.5 Å². The molecule has 2 aromatic heterocycles. The van der Waals surface area contributed by atoms with E-state index in [0.29, 0.717) is 17.9 Å². The Labute approximate surface area is 174 Å². The number of ether oxygens (including phenoxy) is 1. The predicted octanol–water partition coefficient (Wildman–Crippen LogP) is 4.33. The molecule has 152 valence electrons. The number of hydrogen-bond acceptors (Lipinski definition) is 6. The summed E-state index contributed by atoms with van der Waals surface area (Å²) in [5.74, 6) is 1.62. The molecular weight excluding hydrogens is 387 g/mol. The number of anilines is 1. The molecule has 0 radical (unpaired) electrons. The first-order valence-electron chi connectivity index (χ1n) is 10.1. The van der Waals surface area contributed by atoms with Gasteiger partial charge < -0.3 is 9.64 Å². The third kappa shape index (κ3) is 3.57. The van der Waals surface area contributed by atoms with E-state index in [1.165, 1.54) is 12.5 Å². The summed E-state index contributed by atoms with van der Waals surface area (Å²) in [6, 6.07) is 7.13. The van der Waals surface area contributed by atoms with E-state index in [0.717, 1.165) is 55.1 Å². The quantitative estimate of drug-likeness (QED) is 0.638. The maximum absolute atomic E-state index is 14.3. The van der Waals surface area contributed by atoms with Crippen LogP contribution in [0.15, 0.2) is 36.0 Å². The maximum Gasteiger partial charge on any atom is 0.140 e. The zero-order valence-corrected chi connectivity index (χ0v) is 17.4. The van der Waals surface area contributed by atoms with E-state index in [4.69, 9.17) is 4.74 Å². The molecule has 0 amide bonds. The molecule has 0 bridgehead atoms. The van der Waals surface area contributed by atoms with Crippen molar-refractivity contribution in [1.29, 1.82) is 0 Å². The number of hydrogen-bond donors (Lipinski definition) is 0. The van der Waals surface area contributed by atoms with Crippen LogP contribution in [0.4, 0.5) is 10.2 Å². The van der Waals surface area contributed by atoms with Crippen molar-refractivity contribution >= 4 is 27.4 Å². The number of halogens is 1. The lowest BCUT2D eigenvalue weighted by Gasteiger charge is -2.40. The summed E-state index contributed by atoms with van der Waals surface area (Å²) < 4.78 is 19.6. The van der Waals surface area contributed by atoms with Gasteiger partial charge in [-0.2, -0.15) is 0 Å². The fourth-order valence-electron chi connectivity index (χ4n) is 4.96. The van der Waals surface area contributed by atoms with Crippen molar-refractivity contribution in [3.63, 3.8) is 0 Å². The van der Waals surface area contributed by atoms with Crippen LogP contribution < -0.4 is 9.64 Å². The first kappa shape index (κ1) is 18.8. The first-order chi connectivity index (χ1) is 14.2. The molecule has 29 heavy (non-hydrogen) atoms. The minimum absolute atomic E-state index is 0.153. The van der Waals surface area contributed by atoms with Crippen LogP contribution in [0.3, 0.4) is 0 Å². The van der Waals surface area contributed by atoms with Gasteiger partial charge in [0.1, 0.15) is 28.5 Å². The standard InChI is InChI=1S/C22H25FN4OS/c1-28-17-3-4-19(23)16(11-17)12-26-8-2-6-22(13-26)7-9-27(14-22)20-18-5-10-29-21(18)25-15-24-20/h3-5,10-11,15H,2,6-9,12-14H2,1H3. The lowest BCUT2D eigenvalue weighted by atomic mass is 9.79. The second-order valence-corrected chi connectivity index (χ2v) is 9.17. The zero-order valence-electron chi connectivity index (χ0n) is 16.6. The molecule has 4 heterocycles. The number of rotatable bonds is 4. The van der Waals surface area contributed by atoms with Crippen LogP contribution in [0.5, 0.6) is 5.75 Å². The number of aromatic nitrogens is 2. The van der Waals surface area contributed by atoms with E-state index in [-0.39, 0.29) is 11.2 Å². The highest BCUT2D eigenvalue weighted by Crippen LogP contribution is 2.42. The van der Waals surface area contributed by atoms with Crippen LogP contribution in [0, 0.1) is 11.2 Å². The molecule has 2 aliphatic rings. The molecule has 2 saturated heterocycles. The smallest absolute Gasteiger partial charge is 0.140 e. The number of nitrogens with zero attached hydrogens (tertiary/aromatic N) is 4. The van der Waals surface area contributed by atoms with Gasteiger partial charge in [0.05, 0.1) is 12.5 Å². The van der Waals surface area contributed by atoms with Crippen molar-refractivity contribution in [2.24, 2.45) is 5.41 Å². The Morgan fingerprint density at radius 2 is 2.10 bits per heavy atom. The fourth-order valence-corrected chi connectivity index (χ4v) is 5.69. The van der Waals surface area contributed by atoms with Crippen molar-refractivity contribution in [2.75, 3.05) is 38.2 Å². The third-order valence-corrected chi connectivity index (χ3v) is 7.19. The molecule has 0 saturated carbocycles. The lowest BCUT2D eigenvalue weighted by molar-refractivity contribution is 0.0981. The van der Waals surface area contributed by atoms with Gasteiger partial charge in [0.15, 0.2) is 0 Å². The molecule has 7 heteroatoms. The van der Waals surface area contributed by atoms with Gasteiger partial charge in [-0.3, -0.25) is 4.90 Å². The van der Waals surface area contributed by atoms with Gasteiger partial charge in [-0.25, -0.2) is 14.4 Å². The van der Waals surface area contributed by atoms with E-state index in [1.807, 2.05) is 6.07 Å². The summed E-state index contributed by atoms with van der Waals surface area (Å²) in [6.45, 7) is 4.67. The molecule has 2 fully saturated rings. The Morgan fingerprint density at radius 3 is 3.00 bits per heavy atom. The van der Waals surface area contributed by atoms with Crippen molar-refractivity contribution < 1.29 is 9.13 Å². The summed E-state index contributed by atoms with van der Waals surface area (Å²) >= 11 is 1.66. The van der Waals surface area contributed by atoms with Crippen LogP contribution >= 0.6 is 11.3 Å². The first-order valence-corrected chi connectivity index (χ1v) is 11.0. The third-order valence-electron chi connectivity index (χ3n) is 6.37. The molecule has 2 aliphatic heterocycles. The molecule has 1 atom stereocenters. The second kappa shape index (κ2) is 7.54. The van der Waals surface area contributed by atoms with Crippen molar-refractivity contribution in [3.05, 3.63) is 47.4 Å². The highest BCUT2D eigenvalue weighted by molar-refractivity contribution is 7.16. The normalized spacial score (nSPS) is 22.6. The Morgan fingerprint density at radius 1 is 1.17 bits per heavy atom. The largest absolute Gasteiger partial charge is 0.497 e. The molecule has 1 spiro atoms. The molecule has 1 aromatic carbocycles. The molecule has 5 nitrogen and oxygen atoms in total. The van der Waals surface area contributed by atoms with Gasteiger partial charge in [-0.15, -0.1) is 11.3 Å². The number of likely N-dealkylation sites (tertiary alicyclic amines) is 1. The molecule has 1 unspecified atom stereocenters. The van der Waals surface area contributed by atoms with Crippen LogP contribution in [0.2, 0.25) is 0 Å². The highest BCUT2D eigenvalue weighted by atomic mass is 32.1. The summed E-state index contributed by atoms with van der Waals surface area (Å²) in [7, 11) is 1.62. The highest BCUT2D eigenvalue weighted by Gasteiger charge is 2.42. The SMILES string of the molecule is COc1ccc(F)c(CN2CCCC3(CCN(c4ncnc5sccc45)C3)C2)c1. The van der Waals surface area contributed by atoms with Gasteiger partial charge >= 0.3 is 0 Å². The Balaban J connectivity index is 1.33. The van der Waals surface area contributed by atoms with Crippen LogP contribution in [-0.2, 0) is 6.54 Å². The van der Waals surface area contributed by atoms with Gasteiger partial charge in [-0.1, -0.05) is 0 Å². The molecular formula is C22H25FN4OS. The average Bonchev–Trinajstić information content (AvgIpc) is 3.37. The summed E-state index contributed by atoms with van der Waals surface area (Å²) in [5.41, 5.74) is 0.966. The van der Waals surface area contributed by atoms with Crippen molar-refractivity contribution in [1.82, 2.24) is 14.9 Å². The van der Waals surface area contributed by atoms with Gasteiger partial charge in [0.25, 0.3) is 0 Å². The minimum Gasteiger partial charge on any atom is -0.497 e. The van der Waals surface area contributed by atoms with Crippen LogP contribution in [-0.4, -0.2) is 48.2 Å². The zero-order chi connectivity index (χ0) is 19.8. The Hall–Kier alpha value is -2.25. The number of benzene rings is 1. The summed E-state index contributed by atoms with van der Waals surface area (Å²) in [5, 5.41) is 3.24. The lowest BCUT2D eigenvalue weighted by Crippen LogP contribution is -2.44. The van der Waals surface area contributed by atoms with E-state index in [9.17, 15) is 4.39 Å². The number of methoxy groups -OCH3 is 1. The van der Waals surface area contributed by atoms with Gasteiger partial charge in [-0.05, 0) is 55.5 Å². The van der Waals surface area contributed by atoms with Gasteiger partial charge in [0, 0.05) is 37.2 Å². The summed E-state index contributed by atoms with van der Waals surface area (Å²) in [6.07, 6.45) is 5.20. The van der Waals surface area contributed by atoms with Crippen LogP contribution in [0.25, 0.3) is 10.2 Å². The number of piperidine rings is 1. The van der Waals surface area contributed by atoms with E-state index < -0.39 is 0 Å². The maximum atomic E-state index is 14.3. The van der Waals surface area contributed by atoms with E-state index in [1.54, 1.807) is 30.8 Å². The van der Waals surface area contributed by atoms with E-state index in [2.05, 4.69) is 31.2 Å². The Kier molecular flexibility index (Phi) is 4.87.